The number of hydrogen-bond acceptors (Lipinski definition) is 2. The zero-order chi connectivity index (χ0) is 11.7. The molecule has 1 atom stereocenters. The first-order valence-corrected chi connectivity index (χ1v) is 6.04. The molecule has 1 unspecified atom stereocenters. The third-order valence-corrected chi connectivity index (χ3v) is 2.77. The summed E-state index contributed by atoms with van der Waals surface area (Å²) in [6.45, 7) is 8.48. The lowest BCUT2D eigenvalue weighted by Gasteiger charge is -2.31. The lowest BCUT2D eigenvalue weighted by Crippen LogP contribution is -2.40. The van der Waals surface area contributed by atoms with Crippen LogP contribution in [-0.2, 0) is 9.53 Å². The van der Waals surface area contributed by atoms with Crippen LogP contribution in [0.4, 0.5) is 0 Å². The molecule has 1 heterocycles. The van der Waals surface area contributed by atoms with Crippen LogP contribution >= 0.6 is 0 Å². The highest BCUT2D eigenvalue weighted by Crippen LogP contribution is 2.20. The molecular formula is C12H25NO2. The second-order valence-corrected chi connectivity index (χ2v) is 3.64. The standard InChI is InChI=1S/C10H19NO2.C2H6/c1-3-9-4-5-11(6-7-13-2)10(12)8-9;1-2/h9H,3-8H2,1-2H3;1-2H3. The lowest BCUT2D eigenvalue weighted by molar-refractivity contribution is -0.135. The first-order chi connectivity index (χ1) is 7.27. The van der Waals surface area contributed by atoms with E-state index in [0.29, 0.717) is 18.4 Å². The number of carbonyl (C=O) groups excluding carboxylic acids is 1. The molecule has 0 aromatic rings. The molecule has 0 bridgehead atoms. The number of carbonyl (C=O) groups is 1. The molecule has 1 saturated heterocycles. The highest BCUT2D eigenvalue weighted by atomic mass is 16.5. The van der Waals surface area contributed by atoms with Crippen molar-refractivity contribution in [3.8, 4) is 0 Å². The monoisotopic (exact) mass is 215 g/mol. The van der Waals surface area contributed by atoms with Gasteiger partial charge in [-0.15, -0.1) is 0 Å². The molecule has 3 heteroatoms. The van der Waals surface area contributed by atoms with Crippen molar-refractivity contribution in [1.82, 2.24) is 4.90 Å². The van der Waals surface area contributed by atoms with Gasteiger partial charge in [0.1, 0.15) is 0 Å². The predicted molar refractivity (Wildman–Crippen MR) is 62.8 cm³/mol. The van der Waals surface area contributed by atoms with Gasteiger partial charge in [0.15, 0.2) is 0 Å². The van der Waals surface area contributed by atoms with E-state index in [-0.39, 0.29) is 0 Å². The molecule has 90 valence electrons. The average molecular weight is 215 g/mol. The highest BCUT2D eigenvalue weighted by Gasteiger charge is 2.23. The van der Waals surface area contributed by atoms with Crippen molar-refractivity contribution in [3.63, 3.8) is 0 Å². The van der Waals surface area contributed by atoms with Crippen LogP contribution in [0.5, 0.6) is 0 Å². The zero-order valence-electron chi connectivity index (χ0n) is 10.6. The minimum Gasteiger partial charge on any atom is -0.383 e. The van der Waals surface area contributed by atoms with E-state index in [2.05, 4.69) is 6.92 Å². The third-order valence-electron chi connectivity index (χ3n) is 2.77. The summed E-state index contributed by atoms with van der Waals surface area (Å²) in [4.78, 5) is 13.5. The van der Waals surface area contributed by atoms with Crippen LogP contribution in [0, 0.1) is 5.92 Å². The number of rotatable bonds is 4. The van der Waals surface area contributed by atoms with Crippen LogP contribution in [0.2, 0.25) is 0 Å². The molecule has 0 aromatic heterocycles. The minimum atomic E-state index is 0.301. The fourth-order valence-electron chi connectivity index (χ4n) is 1.73. The second-order valence-electron chi connectivity index (χ2n) is 3.64. The lowest BCUT2D eigenvalue weighted by atomic mass is 9.94. The van der Waals surface area contributed by atoms with Gasteiger partial charge in [-0.05, 0) is 12.3 Å². The summed E-state index contributed by atoms with van der Waals surface area (Å²) >= 11 is 0. The number of ether oxygens (including phenoxy) is 1. The van der Waals surface area contributed by atoms with Gasteiger partial charge in [0.05, 0.1) is 6.61 Å². The van der Waals surface area contributed by atoms with Gasteiger partial charge >= 0.3 is 0 Å². The van der Waals surface area contributed by atoms with Crippen LogP contribution in [0.15, 0.2) is 0 Å². The van der Waals surface area contributed by atoms with Gasteiger partial charge in [-0.2, -0.15) is 0 Å². The number of hydrogen-bond donors (Lipinski definition) is 0. The molecule has 1 rings (SSSR count). The van der Waals surface area contributed by atoms with E-state index in [4.69, 9.17) is 4.74 Å². The topological polar surface area (TPSA) is 29.5 Å². The number of methoxy groups -OCH3 is 1. The molecule has 0 saturated carbocycles. The van der Waals surface area contributed by atoms with E-state index in [0.717, 1.165) is 32.4 Å². The number of piperidine rings is 1. The molecule has 0 N–H and O–H groups in total. The number of amides is 1. The van der Waals surface area contributed by atoms with Crippen molar-refractivity contribution in [2.24, 2.45) is 5.92 Å². The number of likely N-dealkylation sites (tertiary alicyclic amines) is 1. The molecular weight excluding hydrogens is 190 g/mol. The Morgan fingerprint density at radius 3 is 2.60 bits per heavy atom. The van der Waals surface area contributed by atoms with Gasteiger partial charge in [-0.25, -0.2) is 0 Å². The summed E-state index contributed by atoms with van der Waals surface area (Å²) in [7, 11) is 1.67. The van der Waals surface area contributed by atoms with Crippen LogP contribution in [0.3, 0.4) is 0 Å². The molecule has 15 heavy (non-hydrogen) atoms. The molecule has 0 aliphatic carbocycles. The summed E-state index contributed by atoms with van der Waals surface area (Å²) in [5.41, 5.74) is 0. The summed E-state index contributed by atoms with van der Waals surface area (Å²) in [5, 5.41) is 0. The van der Waals surface area contributed by atoms with Gasteiger partial charge < -0.3 is 9.64 Å². The van der Waals surface area contributed by atoms with E-state index >= 15 is 0 Å². The third kappa shape index (κ3) is 5.17. The van der Waals surface area contributed by atoms with Crippen LogP contribution in [-0.4, -0.2) is 37.6 Å². The maximum Gasteiger partial charge on any atom is 0.222 e. The van der Waals surface area contributed by atoms with Crippen LogP contribution < -0.4 is 0 Å². The van der Waals surface area contributed by atoms with Gasteiger partial charge in [0, 0.05) is 26.6 Å². The Labute approximate surface area is 93.8 Å². The Morgan fingerprint density at radius 2 is 2.13 bits per heavy atom. The molecule has 0 aromatic carbocycles. The normalized spacial score (nSPS) is 20.9. The van der Waals surface area contributed by atoms with Crippen molar-refractivity contribution < 1.29 is 9.53 Å². The summed E-state index contributed by atoms with van der Waals surface area (Å²) < 4.78 is 4.95. The largest absolute Gasteiger partial charge is 0.383 e. The minimum absolute atomic E-state index is 0.301. The van der Waals surface area contributed by atoms with Crippen molar-refractivity contribution >= 4 is 5.91 Å². The summed E-state index contributed by atoms with van der Waals surface area (Å²) in [6, 6.07) is 0. The fraction of sp³-hybridized carbons (Fsp3) is 0.917. The predicted octanol–water partition coefficient (Wildman–Crippen LogP) is 2.31. The Hall–Kier alpha value is -0.570. The average Bonchev–Trinajstić information content (AvgIpc) is 2.30. The summed E-state index contributed by atoms with van der Waals surface area (Å²) in [5.74, 6) is 0.918. The molecule has 1 aliphatic rings. The molecule has 0 radical (unpaired) electrons. The molecule has 1 amide bonds. The van der Waals surface area contributed by atoms with E-state index < -0.39 is 0 Å². The van der Waals surface area contributed by atoms with Crippen molar-refractivity contribution in [2.45, 2.75) is 40.0 Å². The van der Waals surface area contributed by atoms with Crippen molar-refractivity contribution in [1.29, 1.82) is 0 Å². The Kier molecular flexibility index (Phi) is 8.38. The molecule has 1 fully saturated rings. The maximum absolute atomic E-state index is 11.5. The van der Waals surface area contributed by atoms with E-state index in [1.165, 1.54) is 0 Å². The Bertz CT molecular complexity index is 171. The van der Waals surface area contributed by atoms with E-state index in [9.17, 15) is 4.79 Å². The zero-order valence-corrected chi connectivity index (χ0v) is 10.6. The van der Waals surface area contributed by atoms with Gasteiger partial charge in [-0.1, -0.05) is 27.2 Å². The molecule has 1 aliphatic heterocycles. The van der Waals surface area contributed by atoms with Gasteiger partial charge in [-0.3, -0.25) is 4.79 Å². The Morgan fingerprint density at radius 1 is 1.47 bits per heavy atom. The smallest absolute Gasteiger partial charge is 0.222 e. The summed E-state index contributed by atoms with van der Waals surface area (Å²) in [6.07, 6.45) is 3.02. The highest BCUT2D eigenvalue weighted by molar-refractivity contribution is 5.77. The van der Waals surface area contributed by atoms with E-state index in [1.54, 1.807) is 7.11 Å². The first-order valence-electron chi connectivity index (χ1n) is 6.04. The van der Waals surface area contributed by atoms with Crippen molar-refractivity contribution in [3.05, 3.63) is 0 Å². The quantitative estimate of drug-likeness (QED) is 0.720. The SMILES string of the molecule is CC.CCC1CCN(CCOC)C(=O)C1. The second kappa shape index (κ2) is 8.72. The first kappa shape index (κ1) is 14.4. The van der Waals surface area contributed by atoms with Crippen molar-refractivity contribution in [2.75, 3.05) is 26.8 Å². The fourth-order valence-corrected chi connectivity index (χ4v) is 1.73. The van der Waals surface area contributed by atoms with Crippen LogP contribution in [0.25, 0.3) is 0 Å². The van der Waals surface area contributed by atoms with Crippen LogP contribution in [0.1, 0.15) is 40.0 Å². The number of nitrogens with zero attached hydrogens (tertiary/aromatic N) is 1. The molecule has 3 nitrogen and oxygen atoms in total. The Balaban J connectivity index is 0.000000921. The maximum atomic E-state index is 11.5. The van der Waals surface area contributed by atoms with Gasteiger partial charge in [0.2, 0.25) is 5.91 Å². The van der Waals surface area contributed by atoms with Gasteiger partial charge in [0.25, 0.3) is 0 Å². The van der Waals surface area contributed by atoms with E-state index in [1.807, 2.05) is 18.7 Å². The molecule has 0 spiro atoms.